The van der Waals surface area contributed by atoms with Crippen LogP contribution in [0.4, 0.5) is 8.78 Å². The molecule has 0 radical (unpaired) electrons. The third-order valence-corrected chi connectivity index (χ3v) is 6.96. The molecule has 184 valence electrons. The standard InChI is InChI=1S/C27H24F2N4O3/c1-36-20-7-2-17(3-8-20)18-4-9-23-22(12-18)21(10-11-31-23)25(35)32-13-24(34)33-16-27(28,29)14-26(33,15-30)19-5-6-19/h2-4,7-12,19H,5-6,13-14,16H2,1H3,(H,32,35). The number of hydrogen-bond acceptors (Lipinski definition) is 5. The number of halogens is 2. The quantitative estimate of drug-likeness (QED) is 0.559. The van der Waals surface area contributed by atoms with Gasteiger partial charge in [-0.1, -0.05) is 18.2 Å². The van der Waals surface area contributed by atoms with Gasteiger partial charge >= 0.3 is 0 Å². The van der Waals surface area contributed by atoms with Gasteiger partial charge < -0.3 is 15.0 Å². The van der Waals surface area contributed by atoms with Gasteiger partial charge in [-0.3, -0.25) is 14.6 Å². The molecule has 1 N–H and O–H groups in total. The summed E-state index contributed by atoms with van der Waals surface area (Å²) in [5, 5.41) is 12.9. The van der Waals surface area contributed by atoms with Gasteiger partial charge in [0.1, 0.15) is 11.3 Å². The molecule has 1 aliphatic carbocycles. The first-order valence-corrected chi connectivity index (χ1v) is 11.7. The molecule has 7 nitrogen and oxygen atoms in total. The van der Waals surface area contributed by atoms with Crippen LogP contribution >= 0.6 is 0 Å². The van der Waals surface area contributed by atoms with Crippen molar-refractivity contribution in [2.24, 2.45) is 5.92 Å². The van der Waals surface area contributed by atoms with E-state index in [1.807, 2.05) is 42.5 Å². The van der Waals surface area contributed by atoms with Gasteiger partial charge in [0.15, 0.2) is 0 Å². The molecule has 36 heavy (non-hydrogen) atoms. The van der Waals surface area contributed by atoms with Crippen molar-refractivity contribution in [2.45, 2.75) is 30.7 Å². The zero-order chi connectivity index (χ0) is 25.5. The van der Waals surface area contributed by atoms with Crippen LogP contribution in [-0.2, 0) is 4.79 Å². The normalized spacial score (nSPS) is 20.7. The first-order chi connectivity index (χ1) is 17.3. The Kier molecular flexibility index (Phi) is 5.83. The summed E-state index contributed by atoms with van der Waals surface area (Å²) < 4.78 is 33.7. The highest BCUT2D eigenvalue weighted by atomic mass is 19.3. The number of benzene rings is 2. The molecule has 1 aliphatic heterocycles. The molecule has 3 aromatic rings. The predicted octanol–water partition coefficient (Wildman–Crippen LogP) is 4.18. The molecule has 0 bridgehead atoms. The van der Waals surface area contributed by atoms with Crippen LogP contribution in [0, 0.1) is 17.2 Å². The average molecular weight is 491 g/mol. The van der Waals surface area contributed by atoms with Crippen LogP contribution < -0.4 is 10.1 Å². The lowest BCUT2D eigenvalue weighted by Gasteiger charge is -2.31. The van der Waals surface area contributed by atoms with Crippen LogP contribution in [0.2, 0.25) is 0 Å². The number of carbonyl (C=O) groups is 2. The van der Waals surface area contributed by atoms with Crippen molar-refractivity contribution in [3.05, 3.63) is 60.3 Å². The molecule has 0 spiro atoms. The number of ether oxygens (including phenoxy) is 1. The van der Waals surface area contributed by atoms with Crippen molar-refractivity contribution in [1.82, 2.24) is 15.2 Å². The summed E-state index contributed by atoms with van der Waals surface area (Å²) in [7, 11) is 1.59. The number of fused-ring (bicyclic) bond motifs is 1. The topological polar surface area (TPSA) is 95.3 Å². The van der Waals surface area contributed by atoms with E-state index >= 15 is 0 Å². The van der Waals surface area contributed by atoms with E-state index in [4.69, 9.17) is 4.74 Å². The van der Waals surface area contributed by atoms with Crippen molar-refractivity contribution in [3.63, 3.8) is 0 Å². The SMILES string of the molecule is COc1ccc(-c2ccc3nccc(C(=O)NCC(=O)N4CC(F)(F)CC4(C#N)C4CC4)c3c2)cc1. The summed E-state index contributed by atoms with van der Waals surface area (Å²) in [5.74, 6) is -3.87. The molecule has 1 aromatic heterocycles. The number of amides is 2. The lowest BCUT2D eigenvalue weighted by molar-refractivity contribution is -0.134. The number of nitriles is 1. The second kappa shape index (κ2) is 8.86. The number of carbonyl (C=O) groups excluding carboxylic acids is 2. The Balaban J connectivity index is 1.36. The van der Waals surface area contributed by atoms with Gasteiger partial charge in [-0.15, -0.1) is 0 Å². The smallest absolute Gasteiger partial charge is 0.268 e. The summed E-state index contributed by atoms with van der Waals surface area (Å²) in [6.07, 6.45) is 2.11. The molecule has 2 heterocycles. The van der Waals surface area contributed by atoms with Crippen molar-refractivity contribution in [1.29, 1.82) is 5.26 Å². The molecule has 2 fully saturated rings. The van der Waals surface area contributed by atoms with Crippen LogP contribution in [-0.4, -0.2) is 53.4 Å². The van der Waals surface area contributed by atoms with Gasteiger partial charge in [0.05, 0.1) is 43.8 Å². The van der Waals surface area contributed by atoms with Gasteiger partial charge in [-0.05, 0) is 60.2 Å². The monoisotopic (exact) mass is 490 g/mol. The molecule has 9 heteroatoms. The predicted molar refractivity (Wildman–Crippen MR) is 128 cm³/mol. The first-order valence-electron chi connectivity index (χ1n) is 11.7. The van der Waals surface area contributed by atoms with Gasteiger partial charge in [0.2, 0.25) is 5.91 Å². The zero-order valence-corrected chi connectivity index (χ0v) is 19.6. The molecule has 1 saturated heterocycles. The van der Waals surface area contributed by atoms with E-state index in [-0.39, 0.29) is 5.92 Å². The lowest BCUT2D eigenvalue weighted by Crippen LogP contribution is -2.51. The van der Waals surface area contributed by atoms with E-state index in [1.165, 1.54) is 6.20 Å². The van der Waals surface area contributed by atoms with Crippen molar-refractivity contribution < 1.29 is 23.1 Å². The Bertz CT molecular complexity index is 1380. The summed E-state index contributed by atoms with van der Waals surface area (Å²) in [5.41, 5.74) is 1.19. The number of aromatic nitrogens is 1. The maximum Gasteiger partial charge on any atom is 0.268 e. The fraction of sp³-hybridized carbons (Fsp3) is 0.333. The van der Waals surface area contributed by atoms with Crippen LogP contribution in [0.5, 0.6) is 5.75 Å². The number of pyridine rings is 1. The molecule has 2 aromatic carbocycles. The number of hydrogen-bond donors (Lipinski definition) is 1. The summed E-state index contributed by atoms with van der Waals surface area (Å²) >= 11 is 0. The van der Waals surface area contributed by atoms with Crippen LogP contribution in [0.3, 0.4) is 0 Å². The lowest BCUT2D eigenvalue weighted by atomic mass is 9.91. The van der Waals surface area contributed by atoms with Crippen LogP contribution in [0.25, 0.3) is 22.0 Å². The molecule has 2 aliphatic rings. The maximum atomic E-state index is 14.2. The third-order valence-electron chi connectivity index (χ3n) is 6.96. The van der Waals surface area contributed by atoms with Gasteiger partial charge in [0.25, 0.3) is 11.8 Å². The highest BCUT2D eigenvalue weighted by Crippen LogP contribution is 2.52. The fourth-order valence-electron chi connectivity index (χ4n) is 5.00. The number of rotatable bonds is 6. The van der Waals surface area contributed by atoms with Gasteiger partial charge in [0, 0.05) is 11.6 Å². The molecular weight excluding hydrogens is 466 g/mol. The minimum Gasteiger partial charge on any atom is -0.497 e. The molecule has 5 rings (SSSR count). The molecular formula is C27H24F2N4O3. The number of likely N-dealkylation sites (tertiary alicyclic amines) is 1. The fourth-order valence-corrected chi connectivity index (χ4v) is 5.00. The summed E-state index contributed by atoms with van der Waals surface area (Å²) in [4.78, 5) is 31.3. The number of methoxy groups -OCH3 is 1. The molecule has 1 unspecified atom stereocenters. The third kappa shape index (κ3) is 4.24. The van der Waals surface area contributed by atoms with Crippen molar-refractivity contribution in [2.75, 3.05) is 20.2 Å². The van der Waals surface area contributed by atoms with Crippen molar-refractivity contribution >= 4 is 22.7 Å². The summed E-state index contributed by atoms with van der Waals surface area (Å²) in [6.45, 7) is -1.29. The van der Waals surface area contributed by atoms with Gasteiger partial charge in [-0.2, -0.15) is 5.26 Å². The van der Waals surface area contributed by atoms with E-state index in [0.717, 1.165) is 21.8 Å². The minimum absolute atomic E-state index is 0.254. The van der Waals surface area contributed by atoms with Crippen molar-refractivity contribution in [3.8, 4) is 22.9 Å². The molecule has 2 amide bonds. The Morgan fingerprint density at radius 3 is 2.56 bits per heavy atom. The highest BCUT2D eigenvalue weighted by Gasteiger charge is 2.62. The summed E-state index contributed by atoms with van der Waals surface area (Å²) in [6, 6.07) is 16.6. The van der Waals surface area contributed by atoms with E-state index in [9.17, 15) is 23.6 Å². The van der Waals surface area contributed by atoms with Crippen LogP contribution in [0.1, 0.15) is 29.6 Å². The number of nitrogens with one attached hydrogen (secondary N) is 1. The van der Waals surface area contributed by atoms with Gasteiger partial charge in [-0.25, -0.2) is 8.78 Å². The second-order valence-electron chi connectivity index (χ2n) is 9.32. The van der Waals surface area contributed by atoms with E-state index in [0.29, 0.717) is 29.3 Å². The Hall–Kier alpha value is -4.06. The molecule has 1 atom stereocenters. The van der Waals surface area contributed by atoms with E-state index < -0.39 is 42.8 Å². The van der Waals surface area contributed by atoms with E-state index in [2.05, 4.69) is 10.3 Å². The average Bonchev–Trinajstić information content (AvgIpc) is 3.70. The largest absolute Gasteiger partial charge is 0.497 e. The van der Waals surface area contributed by atoms with E-state index in [1.54, 1.807) is 19.2 Å². The Morgan fingerprint density at radius 1 is 1.17 bits per heavy atom. The zero-order valence-electron chi connectivity index (χ0n) is 19.6. The molecule has 1 saturated carbocycles. The Morgan fingerprint density at radius 2 is 1.89 bits per heavy atom. The maximum absolute atomic E-state index is 14.2. The second-order valence-corrected chi connectivity index (χ2v) is 9.32. The minimum atomic E-state index is -3.13. The number of alkyl halides is 2. The Labute approximate surface area is 206 Å². The number of nitrogens with zero attached hydrogens (tertiary/aromatic N) is 3. The first kappa shape index (κ1) is 23.7. The van der Waals surface area contributed by atoms with Crippen LogP contribution in [0.15, 0.2) is 54.7 Å². The highest BCUT2D eigenvalue weighted by molar-refractivity contribution is 6.07.